The minimum atomic E-state index is 0.000853. The SMILES string of the molecule is Cc1cccn2c(CNC(=O)[C@@H]3CCOC3)cnc12. The Kier molecular flexibility index (Phi) is 3.21. The first-order valence-electron chi connectivity index (χ1n) is 6.52. The van der Waals surface area contributed by atoms with Gasteiger partial charge in [-0.3, -0.25) is 4.79 Å². The van der Waals surface area contributed by atoms with Crippen LogP contribution < -0.4 is 5.32 Å². The van der Waals surface area contributed by atoms with E-state index in [2.05, 4.69) is 10.3 Å². The fraction of sp³-hybridized carbons (Fsp3) is 0.429. The number of hydrogen-bond acceptors (Lipinski definition) is 3. The first kappa shape index (κ1) is 12.2. The summed E-state index contributed by atoms with van der Waals surface area (Å²) in [7, 11) is 0. The molecule has 1 aliphatic rings. The monoisotopic (exact) mass is 259 g/mol. The molecule has 1 aliphatic heterocycles. The van der Waals surface area contributed by atoms with Crippen LogP contribution in [0.15, 0.2) is 24.5 Å². The third-order valence-electron chi connectivity index (χ3n) is 3.55. The second-order valence-electron chi connectivity index (χ2n) is 4.91. The molecule has 3 heterocycles. The van der Waals surface area contributed by atoms with Crippen LogP contribution in [0, 0.1) is 12.8 Å². The largest absolute Gasteiger partial charge is 0.381 e. The summed E-state index contributed by atoms with van der Waals surface area (Å²) < 4.78 is 7.24. The lowest BCUT2D eigenvalue weighted by atomic mass is 10.1. The molecule has 19 heavy (non-hydrogen) atoms. The average Bonchev–Trinajstić information content (AvgIpc) is 3.06. The third kappa shape index (κ3) is 2.33. The number of aryl methyl sites for hydroxylation is 1. The summed E-state index contributed by atoms with van der Waals surface area (Å²) in [5.41, 5.74) is 3.06. The van der Waals surface area contributed by atoms with Crippen molar-refractivity contribution < 1.29 is 9.53 Å². The van der Waals surface area contributed by atoms with Crippen LogP contribution in [0.2, 0.25) is 0 Å². The highest BCUT2D eigenvalue weighted by Crippen LogP contribution is 2.13. The molecule has 3 rings (SSSR count). The van der Waals surface area contributed by atoms with Crippen LogP contribution in [-0.2, 0) is 16.1 Å². The van der Waals surface area contributed by atoms with E-state index < -0.39 is 0 Å². The number of carbonyl (C=O) groups excluding carboxylic acids is 1. The van der Waals surface area contributed by atoms with E-state index in [1.165, 1.54) is 0 Å². The predicted octanol–water partition coefficient (Wildman–Crippen LogP) is 1.30. The maximum Gasteiger partial charge on any atom is 0.225 e. The number of nitrogens with one attached hydrogen (secondary N) is 1. The molecule has 0 bridgehead atoms. The second kappa shape index (κ2) is 5.01. The van der Waals surface area contributed by atoms with Gasteiger partial charge in [-0.05, 0) is 25.0 Å². The third-order valence-corrected chi connectivity index (χ3v) is 3.55. The second-order valence-corrected chi connectivity index (χ2v) is 4.91. The van der Waals surface area contributed by atoms with Gasteiger partial charge in [0.25, 0.3) is 0 Å². The van der Waals surface area contributed by atoms with Gasteiger partial charge in [0.2, 0.25) is 5.91 Å². The molecule has 1 amide bonds. The maximum atomic E-state index is 11.9. The van der Waals surface area contributed by atoms with E-state index in [4.69, 9.17) is 4.74 Å². The van der Waals surface area contributed by atoms with Crippen LogP contribution in [0.25, 0.3) is 5.65 Å². The van der Waals surface area contributed by atoms with Gasteiger partial charge in [-0.2, -0.15) is 0 Å². The lowest BCUT2D eigenvalue weighted by Crippen LogP contribution is -2.30. The summed E-state index contributed by atoms with van der Waals surface area (Å²) >= 11 is 0. The van der Waals surface area contributed by atoms with Crippen LogP contribution in [0.5, 0.6) is 0 Å². The highest BCUT2D eigenvalue weighted by molar-refractivity contribution is 5.78. The molecule has 0 spiro atoms. The van der Waals surface area contributed by atoms with Crippen LogP contribution in [-0.4, -0.2) is 28.5 Å². The molecule has 1 atom stereocenters. The molecule has 0 saturated carbocycles. The summed E-state index contributed by atoms with van der Waals surface area (Å²) in [5, 5.41) is 2.96. The Labute approximate surface area is 111 Å². The van der Waals surface area contributed by atoms with E-state index in [9.17, 15) is 4.79 Å². The molecule has 0 unspecified atom stereocenters. The normalized spacial score (nSPS) is 18.9. The number of nitrogens with zero attached hydrogens (tertiary/aromatic N) is 2. The minimum Gasteiger partial charge on any atom is -0.381 e. The number of carbonyl (C=O) groups is 1. The van der Waals surface area contributed by atoms with Gasteiger partial charge in [0, 0.05) is 12.8 Å². The van der Waals surface area contributed by atoms with Gasteiger partial charge >= 0.3 is 0 Å². The van der Waals surface area contributed by atoms with Crippen molar-refractivity contribution >= 4 is 11.6 Å². The zero-order valence-corrected chi connectivity index (χ0v) is 10.9. The maximum absolute atomic E-state index is 11.9. The molecule has 5 heteroatoms. The quantitative estimate of drug-likeness (QED) is 0.903. The van der Waals surface area contributed by atoms with Gasteiger partial charge in [-0.25, -0.2) is 4.98 Å². The van der Waals surface area contributed by atoms with Gasteiger partial charge in [0.15, 0.2) is 0 Å². The molecule has 1 fully saturated rings. The minimum absolute atomic E-state index is 0.000853. The number of imidazole rings is 1. The van der Waals surface area contributed by atoms with E-state index in [-0.39, 0.29) is 11.8 Å². The molecule has 2 aromatic heterocycles. The Bertz CT molecular complexity index is 600. The number of hydrogen-bond donors (Lipinski definition) is 1. The molecule has 0 aromatic carbocycles. The van der Waals surface area contributed by atoms with Crippen LogP contribution in [0.4, 0.5) is 0 Å². The fourth-order valence-corrected chi connectivity index (χ4v) is 2.40. The Morgan fingerprint density at radius 1 is 1.63 bits per heavy atom. The smallest absolute Gasteiger partial charge is 0.225 e. The summed E-state index contributed by atoms with van der Waals surface area (Å²) in [6, 6.07) is 4.01. The Balaban J connectivity index is 1.71. The van der Waals surface area contributed by atoms with Gasteiger partial charge in [0.05, 0.1) is 31.0 Å². The number of fused-ring (bicyclic) bond motifs is 1. The van der Waals surface area contributed by atoms with E-state index in [1.54, 1.807) is 0 Å². The van der Waals surface area contributed by atoms with Crippen molar-refractivity contribution in [3.05, 3.63) is 35.8 Å². The molecular weight excluding hydrogens is 242 g/mol. The molecule has 0 radical (unpaired) electrons. The number of pyridine rings is 1. The van der Waals surface area contributed by atoms with Crippen LogP contribution in [0.1, 0.15) is 17.7 Å². The van der Waals surface area contributed by atoms with Gasteiger partial charge in [0.1, 0.15) is 5.65 Å². The Morgan fingerprint density at radius 3 is 3.32 bits per heavy atom. The average molecular weight is 259 g/mol. The Hall–Kier alpha value is -1.88. The number of amides is 1. The van der Waals surface area contributed by atoms with Gasteiger partial charge in [-0.15, -0.1) is 0 Å². The molecule has 1 N–H and O–H groups in total. The number of ether oxygens (including phenoxy) is 1. The first-order valence-corrected chi connectivity index (χ1v) is 6.52. The van der Waals surface area contributed by atoms with Crippen molar-refractivity contribution in [3.63, 3.8) is 0 Å². The molecular formula is C14H17N3O2. The van der Waals surface area contributed by atoms with Crippen molar-refractivity contribution in [1.29, 1.82) is 0 Å². The highest BCUT2D eigenvalue weighted by Gasteiger charge is 2.23. The molecule has 100 valence electrons. The summed E-state index contributed by atoms with van der Waals surface area (Å²) in [5.74, 6) is 0.0704. The summed E-state index contributed by atoms with van der Waals surface area (Å²) in [6.07, 6.45) is 4.60. The van der Waals surface area contributed by atoms with E-state index in [0.29, 0.717) is 19.8 Å². The zero-order valence-electron chi connectivity index (χ0n) is 10.9. The van der Waals surface area contributed by atoms with Crippen LogP contribution in [0.3, 0.4) is 0 Å². The van der Waals surface area contributed by atoms with E-state index in [0.717, 1.165) is 23.3 Å². The van der Waals surface area contributed by atoms with Gasteiger partial charge < -0.3 is 14.5 Å². The number of aromatic nitrogens is 2. The van der Waals surface area contributed by atoms with Gasteiger partial charge in [-0.1, -0.05) is 6.07 Å². The topological polar surface area (TPSA) is 55.6 Å². The van der Waals surface area contributed by atoms with E-state index in [1.807, 2.05) is 35.9 Å². The lowest BCUT2D eigenvalue weighted by Gasteiger charge is -2.09. The molecule has 2 aromatic rings. The fourth-order valence-electron chi connectivity index (χ4n) is 2.40. The standard InChI is InChI=1S/C14H17N3O2/c1-10-3-2-5-17-12(7-15-13(10)17)8-16-14(18)11-4-6-19-9-11/h2-3,5,7,11H,4,6,8-9H2,1H3,(H,16,18)/t11-/m1/s1. The van der Waals surface area contributed by atoms with Crippen LogP contribution >= 0.6 is 0 Å². The summed E-state index contributed by atoms with van der Waals surface area (Å²) in [6.45, 7) is 3.76. The van der Waals surface area contributed by atoms with E-state index >= 15 is 0 Å². The molecule has 1 saturated heterocycles. The number of rotatable bonds is 3. The van der Waals surface area contributed by atoms with Crippen molar-refractivity contribution in [1.82, 2.24) is 14.7 Å². The highest BCUT2D eigenvalue weighted by atomic mass is 16.5. The Morgan fingerprint density at radius 2 is 2.53 bits per heavy atom. The summed E-state index contributed by atoms with van der Waals surface area (Å²) in [4.78, 5) is 16.3. The van der Waals surface area contributed by atoms with Crippen molar-refractivity contribution in [2.45, 2.75) is 19.9 Å². The molecule has 5 nitrogen and oxygen atoms in total. The lowest BCUT2D eigenvalue weighted by molar-refractivity contribution is -0.125. The van der Waals surface area contributed by atoms with Crippen molar-refractivity contribution in [2.24, 2.45) is 5.92 Å². The molecule has 0 aliphatic carbocycles. The van der Waals surface area contributed by atoms with Crippen molar-refractivity contribution in [3.8, 4) is 0 Å². The zero-order chi connectivity index (χ0) is 13.2. The first-order chi connectivity index (χ1) is 9.25. The predicted molar refractivity (Wildman–Crippen MR) is 70.7 cm³/mol. The van der Waals surface area contributed by atoms with Crippen molar-refractivity contribution in [2.75, 3.05) is 13.2 Å².